The van der Waals surface area contributed by atoms with Crippen LogP contribution in [-0.4, -0.2) is 10.9 Å². The second-order valence-electron chi connectivity index (χ2n) is 4.48. The Labute approximate surface area is 119 Å². The third kappa shape index (κ3) is 2.88. The highest BCUT2D eigenvalue weighted by Crippen LogP contribution is 2.27. The number of amides is 1. The van der Waals surface area contributed by atoms with Gasteiger partial charge < -0.3 is 16.8 Å². The molecule has 1 aromatic carbocycles. The van der Waals surface area contributed by atoms with Crippen LogP contribution in [0.2, 0.25) is 0 Å². The van der Waals surface area contributed by atoms with E-state index in [1.54, 1.807) is 0 Å². The zero-order valence-electron chi connectivity index (χ0n) is 11.1. The molecule has 0 aliphatic carbocycles. The summed E-state index contributed by atoms with van der Waals surface area (Å²) in [6.07, 6.45) is 0. The number of nitrogen functional groups attached to an aromatic ring is 1. The number of aromatic nitrogens is 1. The predicted octanol–water partition coefficient (Wildman–Crippen LogP) is 2.44. The molecule has 0 aliphatic rings. The predicted molar refractivity (Wildman–Crippen MR) is 78.2 cm³/mol. The number of carbonyl (C=O) groups excluding carboxylic acids is 1. The van der Waals surface area contributed by atoms with Crippen molar-refractivity contribution < 1.29 is 9.18 Å². The number of carbonyl (C=O) groups is 1. The van der Waals surface area contributed by atoms with Gasteiger partial charge in [-0.15, -0.1) is 11.3 Å². The molecule has 7 heteroatoms. The molecule has 1 amide bonds. The molecule has 0 saturated carbocycles. The normalized spacial score (nSPS) is 12.2. The number of rotatable bonds is 4. The van der Waals surface area contributed by atoms with Crippen molar-refractivity contribution in [3.63, 3.8) is 0 Å². The molecule has 1 unspecified atom stereocenters. The summed E-state index contributed by atoms with van der Waals surface area (Å²) in [5.74, 6) is -1.23. The molecule has 0 radical (unpaired) electrons. The summed E-state index contributed by atoms with van der Waals surface area (Å²) in [4.78, 5) is 15.6. The fourth-order valence-electron chi connectivity index (χ4n) is 1.78. The average molecular weight is 294 g/mol. The van der Waals surface area contributed by atoms with E-state index in [0.29, 0.717) is 0 Å². The van der Waals surface area contributed by atoms with E-state index in [0.717, 1.165) is 16.8 Å². The van der Waals surface area contributed by atoms with Gasteiger partial charge in [0, 0.05) is 16.8 Å². The number of halogens is 1. The number of aryl methyl sites for hydroxylation is 1. The summed E-state index contributed by atoms with van der Waals surface area (Å²) >= 11 is 1.48. The van der Waals surface area contributed by atoms with Gasteiger partial charge in [-0.3, -0.25) is 4.79 Å². The van der Waals surface area contributed by atoms with E-state index in [2.05, 4.69) is 10.3 Å². The Bertz CT molecular complexity index is 656. The Kier molecular flexibility index (Phi) is 3.89. The van der Waals surface area contributed by atoms with E-state index in [9.17, 15) is 9.18 Å². The highest BCUT2D eigenvalue weighted by molar-refractivity contribution is 7.09. The number of thiazole rings is 1. The average Bonchev–Trinajstić information content (AvgIpc) is 2.79. The van der Waals surface area contributed by atoms with E-state index in [1.165, 1.54) is 17.4 Å². The van der Waals surface area contributed by atoms with Gasteiger partial charge in [-0.1, -0.05) is 0 Å². The lowest BCUT2D eigenvalue weighted by molar-refractivity contribution is 0.100. The molecule has 2 aromatic rings. The minimum atomic E-state index is -0.691. The van der Waals surface area contributed by atoms with Crippen molar-refractivity contribution >= 4 is 28.6 Å². The largest absolute Gasteiger partial charge is 0.398 e. The minimum Gasteiger partial charge on any atom is -0.398 e. The van der Waals surface area contributed by atoms with Gasteiger partial charge >= 0.3 is 0 Å². The molecule has 0 spiro atoms. The first-order chi connectivity index (χ1) is 9.38. The van der Waals surface area contributed by atoms with Gasteiger partial charge in [-0.25, -0.2) is 9.37 Å². The molecule has 0 saturated heterocycles. The SMILES string of the molecule is Cc1csc(C(C)Nc2cc(C(N)=O)c(N)cc2F)n1. The third-order valence-corrected chi connectivity index (χ3v) is 3.93. The molecule has 1 aromatic heterocycles. The molecule has 2 rings (SSSR count). The number of nitrogens with zero attached hydrogens (tertiary/aromatic N) is 1. The number of primary amides is 1. The van der Waals surface area contributed by atoms with Crippen LogP contribution in [0.4, 0.5) is 15.8 Å². The summed E-state index contributed by atoms with van der Waals surface area (Å²) in [5.41, 5.74) is 12.0. The zero-order chi connectivity index (χ0) is 14.9. The maximum atomic E-state index is 13.9. The molecule has 0 aliphatic heterocycles. The lowest BCUT2D eigenvalue weighted by Crippen LogP contribution is -2.15. The second-order valence-corrected chi connectivity index (χ2v) is 5.37. The van der Waals surface area contributed by atoms with E-state index in [1.807, 2.05) is 19.2 Å². The minimum absolute atomic E-state index is 0.0262. The van der Waals surface area contributed by atoms with Crippen molar-refractivity contribution in [2.75, 3.05) is 11.1 Å². The number of hydrogen-bond acceptors (Lipinski definition) is 5. The molecule has 20 heavy (non-hydrogen) atoms. The number of anilines is 2. The van der Waals surface area contributed by atoms with Gasteiger partial charge in [0.05, 0.1) is 17.3 Å². The summed E-state index contributed by atoms with van der Waals surface area (Å²) in [6.45, 7) is 3.75. The topological polar surface area (TPSA) is 94.0 Å². The van der Waals surface area contributed by atoms with E-state index in [4.69, 9.17) is 11.5 Å². The van der Waals surface area contributed by atoms with Crippen molar-refractivity contribution in [3.8, 4) is 0 Å². The third-order valence-electron chi connectivity index (χ3n) is 2.78. The van der Waals surface area contributed by atoms with E-state index in [-0.39, 0.29) is 23.0 Å². The van der Waals surface area contributed by atoms with Crippen LogP contribution in [0.3, 0.4) is 0 Å². The van der Waals surface area contributed by atoms with Crippen LogP contribution >= 0.6 is 11.3 Å². The fourth-order valence-corrected chi connectivity index (χ4v) is 2.58. The van der Waals surface area contributed by atoms with Gasteiger partial charge in [0.25, 0.3) is 5.91 Å². The zero-order valence-corrected chi connectivity index (χ0v) is 11.9. The van der Waals surface area contributed by atoms with E-state index >= 15 is 0 Å². The number of nitrogens with two attached hydrogens (primary N) is 2. The van der Waals surface area contributed by atoms with Crippen LogP contribution in [0.15, 0.2) is 17.5 Å². The van der Waals surface area contributed by atoms with Crippen molar-refractivity contribution in [1.82, 2.24) is 4.98 Å². The lowest BCUT2D eigenvalue weighted by atomic mass is 10.1. The molecule has 0 fully saturated rings. The fraction of sp³-hybridized carbons (Fsp3) is 0.231. The first kappa shape index (κ1) is 14.3. The van der Waals surface area contributed by atoms with Gasteiger partial charge in [-0.05, 0) is 26.0 Å². The van der Waals surface area contributed by atoms with Gasteiger partial charge in [0.15, 0.2) is 0 Å². The Morgan fingerprint density at radius 1 is 1.50 bits per heavy atom. The maximum absolute atomic E-state index is 13.9. The number of nitrogens with one attached hydrogen (secondary N) is 1. The first-order valence-electron chi connectivity index (χ1n) is 5.96. The van der Waals surface area contributed by atoms with Crippen molar-refractivity contribution in [1.29, 1.82) is 0 Å². The van der Waals surface area contributed by atoms with Crippen LogP contribution in [0.25, 0.3) is 0 Å². The van der Waals surface area contributed by atoms with E-state index < -0.39 is 11.7 Å². The monoisotopic (exact) mass is 294 g/mol. The summed E-state index contributed by atoms with van der Waals surface area (Å²) in [7, 11) is 0. The molecule has 0 bridgehead atoms. The van der Waals surface area contributed by atoms with Gasteiger partial charge in [-0.2, -0.15) is 0 Å². The molecule has 1 heterocycles. The van der Waals surface area contributed by atoms with Crippen LogP contribution in [0.1, 0.15) is 34.0 Å². The van der Waals surface area contributed by atoms with Crippen molar-refractivity contribution in [2.45, 2.75) is 19.9 Å². The van der Waals surface area contributed by atoms with Gasteiger partial charge in [0.1, 0.15) is 10.8 Å². The Balaban J connectivity index is 2.29. The summed E-state index contributed by atoms with van der Waals surface area (Å²) in [5, 5.41) is 5.72. The molecule has 1 atom stereocenters. The Morgan fingerprint density at radius 2 is 2.20 bits per heavy atom. The lowest BCUT2D eigenvalue weighted by Gasteiger charge is -2.15. The van der Waals surface area contributed by atoms with Crippen LogP contribution in [0.5, 0.6) is 0 Å². The Morgan fingerprint density at radius 3 is 2.75 bits per heavy atom. The highest BCUT2D eigenvalue weighted by Gasteiger charge is 2.15. The Hall–Kier alpha value is -2.15. The van der Waals surface area contributed by atoms with Gasteiger partial charge in [0.2, 0.25) is 0 Å². The standard InChI is InChI=1S/C13H15FN4OS/c1-6-5-20-13(17-6)7(2)18-11-3-8(12(16)19)10(15)4-9(11)14/h3-5,7,18H,15H2,1-2H3,(H2,16,19). The highest BCUT2D eigenvalue weighted by atomic mass is 32.1. The number of benzene rings is 1. The van der Waals surface area contributed by atoms with Crippen LogP contribution < -0.4 is 16.8 Å². The van der Waals surface area contributed by atoms with Crippen LogP contribution in [0, 0.1) is 12.7 Å². The summed E-state index contributed by atoms with van der Waals surface area (Å²) in [6, 6.07) is 2.22. The second kappa shape index (κ2) is 5.46. The number of hydrogen-bond donors (Lipinski definition) is 3. The molecule has 5 nitrogen and oxygen atoms in total. The quantitative estimate of drug-likeness (QED) is 0.755. The first-order valence-corrected chi connectivity index (χ1v) is 6.84. The smallest absolute Gasteiger partial charge is 0.250 e. The molecular weight excluding hydrogens is 279 g/mol. The molecule has 5 N–H and O–H groups in total. The van der Waals surface area contributed by atoms with Crippen molar-refractivity contribution in [2.24, 2.45) is 5.73 Å². The maximum Gasteiger partial charge on any atom is 0.250 e. The molecular formula is C13H15FN4OS. The molecule has 106 valence electrons. The van der Waals surface area contributed by atoms with Crippen molar-refractivity contribution in [3.05, 3.63) is 39.6 Å². The summed E-state index contributed by atoms with van der Waals surface area (Å²) < 4.78 is 13.9. The van der Waals surface area contributed by atoms with Crippen LogP contribution in [-0.2, 0) is 0 Å².